The third-order valence-corrected chi connectivity index (χ3v) is 7.58. The zero-order valence-corrected chi connectivity index (χ0v) is 21.9. The van der Waals surface area contributed by atoms with Crippen LogP contribution in [-0.4, -0.2) is 29.9 Å². The van der Waals surface area contributed by atoms with Crippen LogP contribution in [0.5, 0.6) is 0 Å². The zero-order valence-electron chi connectivity index (χ0n) is 20.3. The number of nitrogens with two attached hydrogens (primary N) is 1. The molecule has 0 atom stereocenters. The van der Waals surface area contributed by atoms with Crippen LogP contribution in [0.15, 0.2) is 53.4 Å². The fraction of sp³-hybridized carbons (Fsp3) is 0.346. The van der Waals surface area contributed by atoms with Gasteiger partial charge in [-0.05, 0) is 66.6 Å². The Morgan fingerprint density at radius 1 is 0.971 bits per heavy atom. The number of nitrogens with zero attached hydrogens (tertiary/aromatic N) is 3. The summed E-state index contributed by atoms with van der Waals surface area (Å²) in [6.07, 6.45) is 3.26. The number of rotatable bonds is 10. The highest BCUT2D eigenvalue weighted by molar-refractivity contribution is 7.89. The Morgan fingerprint density at radius 3 is 2.37 bits per heavy atom. The number of hydrogen-bond donors (Lipinski definition) is 2. The number of aryl methyl sites for hydroxylation is 1. The van der Waals surface area contributed by atoms with Crippen molar-refractivity contribution in [3.8, 4) is 0 Å². The summed E-state index contributed by atoms with van der Waals surface area (Å²) in [6.45, 7) is 7.15. The number of benzene rings is 2. The molecule has 0 saturated carbocycles. The van der Waals surface area contributed by atoms with Gasteiger partial charge in [0.1, 0.15) is 0 Å². The number of nitrogens with one attached hydrogen (secondary N) is 1. The van der Waals surface area contributed by atoms with E-state index in [1.807, 2.05) is 0 Å². The van der Waals surface area contributed by atoms with Gasteiger partial charge in [0, 0.05) is 18.7 Å². The first-order valence-electron chi connectivity index (χ1n) is 11.8. The summed E-state index contributed by atoms with van der Waals surface area (Å²) in [5.74, 6) is 1.09. The number of thiazole rings is 1. The molecule has 0 aliphatic carbocycles. The van der Waals surface area contributed by atoms with Crippen molar-refractivity contribution in [3.05, 3.63) is 76.1 Å². The molecule has 2 aromatic heterocycles. The predicted octanol–water partition coefficient (Wildman–Crippen LogP) is 4.74. The maximum atomic E-state index is 11.4. The third-order valence-electron chi connectivity index (χ3n) is 5.64. The van der Waals surface area contributed by atoms with E-state index in [4.69, 9.17) is 20.1 Å². The lowest BCUT2D eigenvalue weighted by Crippen LogP contribution is -2.13. The number of hydrogen-bond acceptors (Lipinski definition) is 7. The van der Waals surface area contributed by atoms with E-state index in [1.54, 1.807) is 23.5 Å². The van der Waals surface area contributed by atoms with Gasteiger partial charge in [-0.3, -0.25) is 0 Å². The van der Waals surface area contributed by atoms with Crippen molar-refractivity contribution in [3.63, 3.8) is 0 Å². The summed E-state index contributed by atoms with van der Waals surface area (Å²) in [6, 6.07) is 15.2. The molecule has 0 radical (unpaired) electrons. The van der Waals surface area contributed by atoms with E-state index < -0.39 is 10.0 Å². The second kappa shape index (κ2) is 10.8. The molecule has 0 fully saturated rings. The SMILES string of the molecule is CCc1ccc2nc(Cc3cc(CC(C)C)nc(NCCc4ccc(S(N)(=O)=O)cc4)n3)sc2c1. The monoisotopic (exact) mass is 509 g/mol. The van der Waals surface area contributed by atoms with Crippen molar-refractivity contribution in [2.24, 2.45) is 11.1 Å². The van der Waals surface area contributed by atoms with Crippen molar-refractivity contribution in [1.29, 1.82) is 0 Å². The number of fused-ring (bicyclic) bond motifs is 1. The Hall–Kier alpha value is -2.88. The molecule has 2 heterocycles. The average molecular weight is 510 g/mol. The first kappa shape index (κ1) is 25.2. The minimum atomic E-state index is -3.68. The van der Waals surface area contributed by atoms with Crippen LogP contribution in [0.25, 0.3) is 10.2 Å². The summed E-state index contributed by atoms with van der Waals surface area (Å²) < 4.78 is 24.1. The second-order valence-electron chi connectivity index (χ2n) is 9.08. The second-order valence-corrected chi connectivity index (χ2v) is 11.8. The van der Waals surface area contributed by atoms with Crippen molar-refractivity contribution in [2.75, 3.05) is 11.9 Å². The van der Waals surface area contributed by atoms with Gasteiger partial charge in [-0.15, -0.1) is 11.3 Å². The van der Waals surface area contributed by atoms with Gasteiger partial charge in [0.15, 0.2) is 0 Å². The molecule has 2 aromatic carbocycles. The van der Waals surface area contributed by atoms with E-state index in [0.717, 1.165) is 40.3 Å². The van der Waals surface area contributed by atoms with Gasteiger partial charge in [0.25, 0.3) is 0 Å². The molecule has 35 heavy (non-hydrogen) atoms. The molecule has 0 aliphatic rings. The summed E-state index contributed by atoms with van der Waals surface area (Å²) >= 11 is 1.72. The number of sulfonamides is 1. The molecule has 0 saturated heterocycles. The van der Waals surface area contributed by atoms with E-state index in [1.165, 1.54) is 22.4 Å². The van der Waals surface area contributed by atoms with Gasteiger partial charge in [0.05, 0.1) is 25.8 Å². The van der Waals surface area contributed by atoms with Gasteiger partial charge in [-0.25, -0.2) is 28.5 Å². The predicted molar refractivity (Wildman–Crippen MR) is 142 cm³/mol. The largest absolute Gasteiger partial charge is 0.354 e. The Bertz CT molecular complexity index is 1410. The van der Waals surface area contributed by atoms with Gasteiger partial charge >= 0.3 is 0 Å². The lowest BCUT2D eigenvalue weighted by Gasteiger charge is -2.11. The highest BCUT2D eigenvalue weighted by Gasteiger charge is 2.11. The van der Waals surface area contributed by atoms with Crippen LogP contribution in [-0.2, 0) is 35.7 Å². The van der Waals surface area contributed by atoms with Crippen LogP contribution in [0.4, 0.5) is 5.95 Å². The van der Waals surface area contributed by atoms with E-state index in [2.05, 4.69) is 50.4 Å². The van der Waals surface area contributed by atoms with Crippen molar-refractivity contribution >= 4 is 37.5 Å². The van der Waals surface area contributed by atoms with Crippen LogP contribution in [0.1, 0.15) is 48.3 Å². The Labute approximate surface area is 210 Å². The molecular weight excluding hydrogens is 478 g/mol. The number of anilines is 1. The van der Waals surface area contributed by atoms with E-state index >= 15 is 0 Å². The molecule has 0 spiro atoms. The van der Waals surface area contributed by atoms with Crippen molar-refractivity contribution in [1.82, 2.24) is 15.0 Å². The van der Waals surface area contributed by atoms with Crippen LogP contribution in [0.3, 0.4) is 0 Å². The summed E-state index contributed by atoms with van der Waals surface area (Å²) in [4.78, 5) is 14.4. The fourth-order valence-electron chi connectivity index (χ4n) is 3.88. The molecule has 0 bridgehead atoms. The smallest absolute Gasteiger partial charge is 0.238 e. The number of aromatic nitrogens is 3. The van der Waals surface area contributed by atoms with Crippen LogP contribution < -0.4 is 10.5 Å². The van der Waals surface area contributed by atoms with Gasteiger partial charge in [0.2, 0.25) is 16.0 Å². The molecule has 184 valence electrons. The highest BCUT2D eigenvalue weighted by atomic mass is 32.2. The normalized spacial score (nSPS) is 11.9. The molecule has 7 nitrogen and oxygen atoms in total. The average Bonchev–Trinajstić information content (AvgIpc) is 3.19. The van der Waals surface area contributed by atoms with Gasteiger partial charge in [-0.1, -0.05) is 39.0 Å². The van der Waals surface area contributed by atoms with Gasteiger partial charge < -0.3 is 5.32 Å². The standard InChI is InChI=1S/C26H31N5O2S2/c1-4-18-7-10-23-24(14-18)34-25(31-23)16-21-15-20(13-17(2)3)29-26(30-21)28-12-11-19-5-8-22(9-6-19)35(27,32)33/h5-10,14-15,17H,4,11-13,16H2,1-3H3,(H2,27,32,33)(H,28,29,30). The Morgan fingerprint density at radius 2 is 1.69 bits per heavy atom. The van der Waals surface area contributed by atoms with Crippen molar-refractivity contribution in [2.45, 2.75) is 51.3 Å². The molecular formula is C26H31N5O2S2. The van der Waals surface area contributed by atoms with Crippen LogP contribution >= 0.6 is 11.3 Å². The van der Waals surface area contributed by atoms with Crippen molar-refractivity contribution < 1.29 is 8.42 Å². The van der Waals surface area contributed by atoms with Crippen LogP contribution in [0.2, 0.25) is 0 Å². The molecule has 9 heteroatoms. The first-order chi connectivity index (χ1) is 16.7. The topological polar surface area (TPSA) is 111 Å². The molecule has 0 amide bonds. The molecule has 0 unspecified atom stereocenters. The lowest BCUT2D eigenvalue weighted by molar-refractivity contribution is 0.598. The summed E-state index contributed by atoms with van der Waals surface area (Å²) in [5, 5.41) is 9.56. The quantitative estimate of drug-likeness (QED) is 0.319. The fourth-order valence-corrected chi connectivity index (χ4v) is 5.44. The Kier molecular flexibility index (Phi) is 7.78. The number of primary sulfonamides is 1. The lowest BCUT2D eigenvalue weighted by atomic mass is 10.1. The first-order valence-corrected chi connectivity index (χ1v) is 14.2. The Balaban J connectivity index is 1.48. The highest BCUT2D eigenvalue weighted by Crippen LogP contribution is 2.25. The minimum absolute atomic E-state index is 0.115. The van der Waals surface area contributed by atoms with E-state index in [9.17, 15) is 8.42 Å². The molecule has 4 rings (SSSR count). The summed E-state index contributed by atoms with van der Waals surface area (Å²) in [5.41, 5.74) is 5.32. The zero-order chi connectivity index (χ0) is 25.0. The molecule has 4 aromatic rings. The minimum Gasteiger partial charge on any atom is -0.354 e. The summed E-state index contributed by atoms with van der Waals surface area (Å²) in [7, 11) is -3.68. The van der Waals surface area contributed by atoms with Gasteiger partial charge in [-0.2, -0.15) is 0 Å². The third kappa shape index (κ3) is 6.84. The van der Waals surface area contributed by atoms with Crippen LogP contribution in [0, 0.1) is 5.92 Å². The van der Waals surface area contributed by atoms with E-state index in [-0.39, 0.29) is 4.90 Å². The maximum absolute atomic E-state index is 11.4. The van der Waals surface area contributed by atoms with E-state index in [0.29, 0.717) is 31.3 Å². The maximum Gasteiger partial charge on any atom is 0.238 e. The molecule has 3 N–H and O–H groups in total. The molecule has 0 aliphatic heterocycles.